The molecule has 142 heavy (non-hydrogen) atoms. The minimum Gasteiger partial charge on any atom is -0.482 e. The maximum absolute atomic E-state index is 13.0. The number of rotatable bonds is 39. The second-order valence-electron chi connectivity index (χ2n) is 38.5. The predicted octanol–water partition coefficient (Wildman–Crippen LogP) is 20.7. The lowest BCUT2D eigenvalue weighted by molar-refractivity contribution is -0.190. The summed E-state index contributed by atoms with van der Waals surface area (Å²) in [4.78, 5) is 96.3. The maximum atomic E-state index is 13.0. The van der Waals surface area contributed by atoms with Crippen LogP contribution in [0.1, 0.15) is 217 Å². The van der Waals surface area contributed by atoms with E-state index in [2.05, 4.69) is 52.8 Å². The monoisotopic (exact) mass is 2000 g/mol. The fourth-order valence-electron chi connectivity index (χ4n) is 21.7. The second-order valence-corrected chi connectivity index (χ2v) is 41.3. The van der Waals surface area contributed by atoms with Crippen molar-refractivity contribution in [1.82, 2.24) is 4.90 Å². The normalized spacial score (nSPS) is 23.4. The lowest BCUT2D eigenvalue weighted by Crippen LogP contribution is -2.33. The number of Topliss-reactive ketones (excluding diaryl/α,β-unsaturated/α-hetero) is 1. The minimum absolute atomic E-state index is 0.0579. The van der Waals surface area contributed by atoms with Crippen LogP contribution in [0.3, 0.4) is 0 Å². The van der Waals surface area contributed by atoms with Crippen molar-refractivity contribution >= 4 is 75.5 Å². The van der Waals surface area contributed by atoms with E-state index in [1.54, 1.807) is 0 Å². The molecule has 25 nitrogen and oxygen atoms in total. The third-order valence-corrected chi connectivity index (χ3v) is 29.0. The van der Waals surface area contributed by atoms with E-state index in [0.29, 0.717) is 54.1 Å². The van der Waals surface area contributed by atoms with Gasteiger partial charge in [-0.3, -0.25) is 19.3 Å². The minimum atomic E-state index is -0.870. The molecule has 19 atom stereocenters. The molecule has 8 aromatic carbocycles. The summed E-state index contributed by atoms with van der Waals surface area (Å²) >= 11 is 4.31. The molecule has 3 heterocycles. The third-order valence-electron chi connectivity index (χ3n) is 29.0. The number of benzene rings is 8. The summed E-state index contributed by atoms with van der Waals surface area (Å²) in [6.07, 6.45) is 19.7. The van der Waals surface area contributed by atoms with Gasteiger partial charge in [-0.1, -0.05) is 209 Å². The van der Waals surface area contributed by atoms with E-state index in [9.17, 15) is 48.6 Å². The van der Waals surface area contributed by atoms with E-state index in [-0.39, 0.29) is 163 Å². The van der Waals surface area contributed by atoms with Gasteiger partial charge in [-0.2, -0.15) is 0 Å². The van der Waals surface area contributed by atoms with Crippen LogP contribution in [0.5, 0.6) is 17.2 Å². The summed E-state index contributed by atoms with van der Waals surface area (Å²) in [6.45, 7) is 8.91. The zero-order valence-corrected chi connectivity index (χ0v) is 85.2. The first-order valence-corrected chi connectivity index (χ1v) is 54.5. The number of esters is 3. The number of aliphatic hydroxyl groups is 2. The predicted molar refractivity (Wildman–Crippen MR) is 545 cm³/mol. The zero-order valence-electron chi connectivity index (χ0n) is 83.4. The van der Waals surface area contributed by atoms with Gasteiger partial charge in [0.05, 0.1) is 39.9 Å². The van der Waals surface area contributed by atoms with Crippen molar-refractivity contribution in [2.45, 2.75) is 277 Å². The van der Waals surface area contributed by atoms with Gasteiger partial charge in [0.2, 0.25) is 11.8 Å². The van der Waals surface area contributed by atoms with Crippen LogP contribution < -0.4 is 14.2 Å². The first kappa shape index (κ1) is 107. The molecule has 3 saturated heterocycles. The molecule has 0 aromatic heterocycles. The van der Waals surface area contributed by atoms with Crippen LogP contribution in [0.15, 0.2) is 206 Å². The average molecular weight is 2010 g/mol. The Morgan fingerprint density at radius 3 is 1.11 bits per heavy atom. The van der Waals surface area contributed by atoms with E-state index in [1.165, 1.54) is 35.6 Å². The number of hydrogen-bond donors (Lipinski definition) is 2. The first-order valence-electron chi connectivity index (χ1n) is 51.4. The van der Waals surface area contributed by atoms with Crippen LogP contribution in [0.4, 0.5) is 9.59 Å². The number of likely N-dealkylation sites (tertiary alicyclic amines) is 1. The molecule has 3 saturated carbocycles. The van der Waals surface area contributed by atoms with Crippen LogP contribution in [0.2, 0.25) is 0 Å². The van der Waals surface area contributed by atoms with Crippen LogP contribution in [0.25, 0.3) is 0 Å². The molecule has 17 rings (SSSR count). The molecule has 762 valence electrons. The largest absolute Gasteiger partial charge is 0.508 e. The Bertz CT molecular complexity index is 5330. The highest BCUT2D eigenvalue weighted by molar-refractivity contribution is 8.24. The number of fused-ring (bicyclic) bond motifs is 6. The molecule has 0 spiro atoms. The Labute approximate surface area is 846 Å². The van der Waals surface area contributed by atoms with Crippen molar-refractivity contribution < 1.29 is 115 Å². The molecule has 0 radical (unpaired) electrons. The Morgan fingerprint density at radius 1 is 0.444 bits per heavy atom. The average Bonchev–Trinajstić information content (AvgIpc) is 1.63. The number of amides is 2. The summed E-state index contributed by atoms with van der Waals surface area (Å²) in [5, 5.41) is 21.4. The number of ketones is 1. The van der Waals surface area contributed by atoms with E-state index in [4.69, 9.17) is 67.6 Å². The fourth-order valence-corrected chi connectivity index (χ4v) is 21.7. The van der Waals surface area contributed by atoms with Crippen molar-refractivity contribution in [3.8, 4) is 17.2 Å². The Hall–Kier alpha value is -10.4. The van der Waals surface area contributed by atoms with Gasteiger partial charge in [-0.15, -0.1) is 0 Å². The van der Waals surface area contributed by atoms with Gasteiger partial charge < -0.3 is 76.5 Å². The molecular weight excluding hydrogens is 1860 g/mol. The first-order chi connectivity index (χ1) is 69.5. The Kier molecular flexibility index (Phi) is 43.4. The van der Waals surface area contributed by atoms with Crippen molar-refractivity contribution in [2.75, 3.05) is 39.6 Å². The van der Waals surface area contributed by atoms with Crippen molar-refractivity contribution in [2.24, 2.45) is 53.3 Å². The number of aliphatic hydroxyl groups excluding tert-OH is 2. The summed E-state index contributed by atoms with van der Waals surface area (Å²) in [5.41, 5.74) is 11.8. The fraction of sp³-hybridized carbons (Fsp3) is 0.509. The highest BCUT2D eigenvalue weighted by Crippen LogP contribution is 2.53. The summed E-state index contributed by atoms with van der Waals surface area (Å²) < 4.78 is 88.0. The lowest BCUT2D eigenvalue weighted by Gasteiger charge is -2.33. The Balaban J connectivity index is 0.000000168. The van der Waals surface area contributed by atoms with E-state index in [0.717, 1.165) is 203 Å². The topological polar surface area (TPSA) is 309 Å². The molecule has 9 aliphatic rings. The number of carbonyl (C=O) groups excluding carboxylic acids is 8. The second kappa shape index (κ2) is 57.4. The van der Waals surface area contributed by atoms with Gasteiger partial charge in [0.1, 0.15) is 68.3 Å². The number of carbonyl (C=O) groups is 8. The summed E-state index contributed by atoms with van der Waals surface area (Å²) in [7, 11) is 2.20. The molecular formula is C114H142NO24P2S+. The van der Waals surface area contributed by atoms with Gasteiger partial charge in [0.25, 0.3) is 0 Å². The highest BCUT2D eigenvalue weighted by Gasteiger charge is 2.51. The van der Waals surface area contributed by atoms with Gasteiger partial charge in [0.15, 0.2) is 51.2 Å². The van der Waals surface area contributed by atoms with Crippen molar-refractivity contribution in [3.63, 3.8) is 0 Å². The van der Waals surface area contributed by atoms with Crippen LogP contribution >= 0.6 is 15.9 Å². The van der Waals surface area contributed by atoms with Crippen LogP contribution in [-0.4, -0.2) is 153 Å². The lowest BCUT2D eigenvalue weighted by atomic mass is 9.73. The Morgan fingerprint density at radius 2 is 0.775 bits per heavy atom. The van der Waals surface area contributed by atoms with Crippen molar-refractivity contribution in [1.29, 1.82) is 1.28 Å². The molecule has 3 aliphatic heterocycles. The number of ether oxygens (including phenoxy) is 14. The number of imide groups is 1. The maximum Gasteiger partial charge on any atom is 0.508 e. The molecule has 2 N–H and O–H groups in total. The summed E-state index contributed by atoms with van der Waals surface area (Å²) in [6, 6.07) is 66.2. The molecule has 4 unspecified atom stereocenters. The van der Waals surface area contributed by atoms with Gasteiger partial charge >= 0.3 is 31.5 Å². The molecule has 8 aromatic rings. The summed E-state index contributed by atoms with van der Waals surface area (Å²) in [5.74, 6) is 3.14. The van der Waals surface area contributed by atoms with Gasteiger partial charge in [-0.25, -0.2) is 24.0 Å². The molecule has 28 heteroatoms. The number of nitrogens with zero attached hydrogens (tertiary/aromatic N) is 1. The van der Waals surface area contributed by atoms with Crippen LogP contribution in [0, 0.1) is 53.3 Å². The SMILES string of the molecule is CC(=O)CN1C(=O)CCC1=O.CC[C@@H](CC[C@@H]1[C@H]2Cc3cccc(OCC(=O)OCc4ccccc4)c3C[C@H]2C[C@H]1O)OC1CCCCO1.CC[C@@H](CC[C@@H]1[C@H]2Cc3cccc(OCC(=O)OCc4ccccc4)c3C[C@H]2C[C@H]1OC(=O)OCc1ccccc1)OC1CCCCO1.CC[C@H](O)CC[C@@H]1[C@H]2Cc3cccc(OCC(=O)OCc4ccccc4)c3C[C@H]2C[C@H]1OC(=O)OCc1ccccc1.[3H][P+](P)=S. The molecule has 2 amide bonds. The smallest absolute Gasteiger partial charge is 0.482 e. The standard InChI is InChI=1S/C40H48O8.C35H40O7.C32H42O6.C7H9NO3.H2P2S/c1-2-32(47-39-18-9-10-21-43-39)19-20-33-34-22-30-16-11-17-36(44-27-38(41)45-25-28-12-5-3-6-13-28)35(30)23-31(34)24-37(33)48-40(42)46-26-29-14-7-4-8-15-29;1-2-28(36)16-17-29-30-18-26-14-9-15-32(39-23-34(37)40-21-24-10-5-3-6-11-24)31(26)19-27(30)20-33(29)42-35(38)41-22-25-12-7-4-8-13-25;1-2-25(38-32-13-6-7-16-35-32)14-15-26-27-17-23-11-8-12-30(28(23)18-24(27)19-29(26)33)36-21-31(34)37-20-22-9-4-3-5-10-22;1-5(9)4-8-6(10)2-3-7(8)11;1-2-3/h3-8,11-17,31-34,37,39H,2,9-10,18-27H2,1H3;3-15,27-30,33,36H,2,16-23H2,1H3;3-5,8-12,24-27,29,32-33H,2,6-7,13-21H2,1H3;2-4H2,1H3;1H2/p+1/t31-,32-,33+,34-,37+,39?;27-,28-,29+,30-,33+;24-,25-,26+,27-,29+,32?;;/m000../s1/i/hT. The molecule has 6 fully saturated rings. The van der Waals surface area contributed by atoms with E-state index < -0.39 is 31.2 Å². The molecule has 6 aliphatic carbocycles. The van der Waals surface area contributed by atoms with E-state index in [1.807, 2.05) is 195 Å². The quantitative estimate of drug-likeness (QED) is 0.0156. The van der Waals surface area contributed by atoms with E-state index >= 15 is 0 Å². The van der Waals surface area contributed by atoms with Crippen molar-refractivity contribution in [3.05, 3.63) is 267 Å². The zero-order chi connectivity index (χ0) is 101. The van der Waals surface area contributed by atoms with Gasteiger partial charge in [-0.05, 0) is 294 Å². The molecule has 0 bridgehead atoms. The van der Waals surface area contributed by atoms with Crippen LogP contribution in [-0.2, 0) is 164 Å². The van der Waals surface area contributed by atoms with Gasteiger partial charge in [0, 0.05) is 26.1 Å². The highest BCUT2D eigenvalue weighted by atomic mass is 32.6. The third kappa shape index (κ3) is 33.3. The number of hydrogen-bond acceptors (Lipinski definition) is 25.